The van der Waals surface area contributed by atoms with Crippen LogP contribution in [0.3, 0.4) is 0 Å². The van der Waals surface area contributed by atoms with Crippen LogP contribution in [0.4, 0.5) is 23.0 Å². The zero-order valence-corrected chi connectivity index (χ0v) is 17.1. The average Bonchev–Trinajstić information content (AvgIpc) is 3.18. The van der Waals surface area contributed by atoms with E-state index in [-0.39, 0.29) is 24.3 Å². The van der Waals surface area contributed by atoms with Gasteiger partial charge >= 0.3 is 0 Å². The number of fused-ring (bicyclic) bond motifs is 2. The number of benzene rings is 1. The van der Waals surface area contributed by atoms with Crippen molar-refractivity contribution in [1.82, 2.24) is 14.6 Å². The van der Waals surface area contributed by atoms with E-state index in [4.69, 9.17) is 9.47 Å². The number of nitrogens with one attached hydrogen (secondary N) is 3. The minimum Gasteiger partial charge on any atom is -0.486 e. The number of carbonyl (C=O) groups excluding carboxylic acids is 1. The highest BCUT2D eigenvalue weighted by Crippen LogP contribution is 2.39. The van der Waals surface area contributed by atoms with Crippen molar-refractivity contribution in [3.63, 3.8) is 0 Å². The van der Waals surface area contributed by atoms with Gasteiger partial charge in [0.05, 0.1) is 18.0 Å². The summed E-state index contributed by atoms with van der Waals surface area (Å²) in [6.45, 7) is 0.996. The first-order valence-electron chi connectivity index (χ1n) is 10.3. The van der Waals surface area contributed by atoms with Crippen molar-refractivity contribution in [2.45, 2.75) is 25.4 Å². The van der Waals surface area contributed by atoms with Gasteiger partial charge in [-0.1, -0.05) is 6.07 Å². The van der Waals surface area contributed by atoms with Crippen LogP contribution in [0.2, 0.25) is 0 Å². The number of ether oxygens (including phenoxy) is 2. The van der Waals surface area contributed by atoms with Crippen LogP contribution in [0.1, 0.15) is 19.3 Å². The van der Waals surface area contributed by atoms with Crippen LogP contribution in [0, 0.1) is 5.92 Å². The Morgan fingerprint density at radius 2 is 2.13 bits per heavy atom. The molecule has 1 amide bonds. The Labute approximate surface area is 178 Å². The van der Waals surface area contributed by atoms with Crippen molar-refractivity contribution in [1.29, 1.82) is 0 Å². The highest BCUT2D eigenvalue weighted by atomic mass is 16.6. The van der Waals surface area contributed by atoms with Gasteiger partial charge in [-0.15, -0.1) is 0 Å². The Bertz CT molecular complexity index is 1130. The van der Waals surface area contributed by atoms with Gasteiger partial charge < -0.3 is 30.5 Å². The maximum Gasteiger partial charge on any atom is 0.224 e. The summed E-state index contributed by atoms with van der Waals surface area (Å²) < 4.78 is 13.0. The number of amides is 1. The molecule has 1 aliphatic carbocycles. The summed E-state index contributed by atoms with van der Waals surface area (Å²) in [4.78, 5) is 17.1. The van der Waals surface area contributed by atoms with Crippen molar-refractivity contribution >= 4 is 34.6 Å². The molecule has 1 aliphatic heterocycles. The number of aliphatic hydroxyl groups excluding tert-OH is 1. The maximum atomic E-state index is 12.4. The summed E-state index contributed by atoms with van der Waals surface area (Å²) in [6.07, 6.45) is 3.09. The largest absolute Gasteiger partial charge is 0.486 e. The third-order valence-corrected chi connectivity index (χ3v) is 5.66. The third-order valence-electron chi connectivity index (χ3n) is 5.66. The molecule has 162 valence electrons. The van der Waals surface area contributed by atoms with Crippen LogP contribution < -0.4 is 25.4 Å². The number of anilines is 4. The van der Waals surface area contributed by atoms with E-state index in [1.54, 1.807) is 17.8 Å². The molecule has 3 aromatic rings. The van der Waals surface area contributed by atoms with Crippen LogP contribution in [0.15, 0.2) is 30.5 Å². The van der Waals surface area contributed by atoms with Crippen molar-refractivity contribution in [2.24, 2.45) is 5.92 Å². The summed E-state index contributed by atoms with van der Waals surface area (Å²) >= 11 is 0. The summed E-state index contributed by atoms with van der Waals surface area (Å²) in [7, 11) is 1.79. The average molecular weight is 424 g/mol. The van der Waals surface area contributed by atoms with E-state index in [9.17, 15) is 9.90 Å². The molecule has 3 heterocycles. The number of aliphatic hydroxyl groups is 1. The van der Waals surface area contributed by atoms with Gasteiger partial charge in [0.25, 0.3) is 0 Å². The number of nitrogens with zero attached hydrogens (tertiary/aromatic N) is 3. The highest BCUT2D eigenvalue weighted by molar-refractivity contribution is 5.94. The predicted molar refractivity (Wildman–Crippen MR) is 115 cm³/mol. The molecular weight excluding hydrogens is 400 g/mol. The van der Waals surface area contributed by atoms with Crippen LogP contribution in [0.25, 0.3) is 5.65 Å². The van der Waals surface area contributed by atoms with Gasteiger partial charge in [-0.25, -0.2) is 4.98 Å². The molecule has 4 N–H and O–H groups in total. The highest BCUT2D eigenvalue weighted by Gasteiger charge is 2.31. The van der Waals surface area contributed by atoms with Gasteiger partial charge in [-0.2, -0.15) is 9.61 Å². The molecule has 10 heteroatoms. The fourth-order valence-corrected chi connectivity index (χ4v) is 3.83. The normalized spacial score (nSPS) is 19.5. The Balaban J connectivity index is 1.43. The number of para-hydroxylation sites is 1. The van der Waals surface area contributed by atoms with Gasteiger partial charge in [0.2, 0.25) is 5.91 Å². The summed E-state index contributed by atoms with van der Waals surface area (Å²) in [5, 5.41) is 23.3. The van der Waals surface area contributed by atoms with Gasteiger partial charge in [0, 0.05) is 19.5 Å². The zero-order valence-electron chi connectivity index (χ0n) is 17.1. The minimum atomic E-state index is -0.387. The number of aromatic nitrogens is 3. The second kappa shape index (κ2) is 7.95. The van der Waals surface area contributed by atoms with Gasteiger partial charge in [-0.3, -0.25) is 4.79 Å². The van der Waals surface area contributed by atoms with Gasteiger partial charge in [-0.05, 0) is 30.9 Å². The van der Waals surface area contributed by atoms with E-state index >= 15 is 0 Å². The van der Waals surface area contributed by atoms with Crippen molar-refractivity contribution < 1.29 is 19.4 Å². The lowest BCUT2D eigenvalue weighted by Gasteiger charge is -2.31. The van der Waals surface area contributed by atoms with Crippen molar-refractivity contribution in [3.05, 3.63) is 30.5 Å². The SMILES string of the molecule is CNc1cc(Nc2cccc3c2OCCO3)nc2c(NC(=O)C[C@H]3CC[C@H]3O)cnn12. The second-order valence-corrected chi connectivity index (χ2v) is 7.68. The zero-order chi connectivity index (χ0) is 21.4. The number of hydrogen-bond donors (Lipinski definition) is 4. The smallest absolute Gasteiger partial charge is 0.224 e. The van der Waals surface area contributed by atoms with E-state index in [1.807, 2.05) is 24.3 Å². The lowest BCUT2D eigenvalue weighted by atomic mass is 9.79. The Morgan fingerprint density at radius 3 is 2.90 bits per heavy atom. The van der Waals surface area contributed by atoms with E-state index < -0.39 is 0 Å². The molecule has 2 aliphatic rings. The lowest BCUT2D eigenvalue weighted by molar-refractivity contribution is -0.119. The Kier molecular flexibility index (Phi) is 4.99. The molecule has 2 atom stereocenters. The van der Waals surface area contributed by atoms with Gasteiger partial charge in [0.15, 0.2) is 17.1 Å². The molecule has 0 saturated heterocycles. The molecule has 1 fully saturated rings. The third kappa shape index (κ3) is 3.70. The molecule has 0 bridgehead atoms. The van der Waals surface area contributed by atoms with Crippen molar-refractivity contribution in [2.75, 3.05) is 36.2 Å². The standard InChI is InChI=1S/C21H24N6O4/c1-22-18-10-17(24-13-3-2-4-16-20(13)31-8-7-30-16)26-21-14(11-23-27(18)21)25-19(29)9-12-5-6-15(12)28/h2-4,10-12,15,22,28H,5-9H2,1H3,(H,24,26)(H,25,29)/t12-,15-/m1/s1. The quantitative estimate of drug-likeness (QED) is 0.476. The van der Waals surface area contributed by atoms with E-state index in [2.05, 4.69) is 26.0 Å². The molecule has 0 unspecified atom stereocenters. The Morgan fingerprint density at radius 1 is 1.26 bits per heavy atom. The summed E-state index contributed by atoms with van der Waals surface area (Å²) in [5.41, 5.74) is 1.74. The van der Waals surface area contributed by atoms with Crippen LogP contribution in [-0.4, -0.2) is 52.0 Å². The first-order chi connectivity index (χ1) is 15.1. The van der Waals surface area contributed by atoms with E-state index in [0.29, 0.717) is 47.7 Å². The van der Waals surface area contributed by atoms with Crippen molar-refractivity contribution in [3.8, 4) is 11.5 Å². The number of carbonyl (C=O) groups is 1. The first kappa shape index (κ1) is 19.4. The summed E-state index contributed by atoms with van der Waals surface area (Å²) in [5.74, 6) is 2.44. The molecule has 2 aromatic heterocycles. The Hall–Kier alpha value is -3.53. The molecule has 10 nitrogen and oxygen atoms in total. The molecule has 1 saturated carbocycles. The van der Waals surface area contributed by atoms with Crippen LogP contribution in [0.5, 0.6) is 11.5 Å². The first-order valence-corrected chi connectivity index (χ1v) is 10.3. The fourth-order valence-electron chi connectivity index (χ4n) is 3.83. The lowest BCUT2D eigenvalue weighted by Crippen LogP contribution is -2.34. The predicted octanol–water partition coefficient (Wildman–Crippen LogP) is 2.39. The van der Waals surface area contributed by atoms with Crippen LogP contribution in [-0.2, 0) is 4.79 Å². The maximum absolute atomic E-state index is 12.4. The molecule has 5 rings (SSSR count). The molecule has 31 heavy (non-hydrogen) atoms. The number of rotatable bonds is 6. The molecular formula is C21H24N6O4. The monoisotopic (exact) mass is 424 g/mol. The van der Waals surface area contributed by atoms with E-state index in [1.165, 1.54) is 0 Å². The van der Waals surface area contributed by atoms with E-state index in [0.717, 1.165) is 18.5 Å². The van der Waals surface area contributed by atoms with Crippen LogP contribution >= 0.6 is 0 Å². The minimum absolute atomic E-state index is 0.0198. The second-order valence-electron chi connectivity index (χ2n) is 7.68. The topological polar surface area (TPSA) is 122 Å². The number of hydrogen-bond acceptors (Lipinski definition) is 8. The van der Waals surface area contributed by atoms with Gasteiger partial charge in [0.1, 0.15) is 30.5 Å². The fraction of sp³-hybridized carbons (Fsp3) is 0.381. The molecule has 1 aromatic carbocycles. The molecule has 0 spiro atoms. The molecule has 0 radical (unpaired) electrons. The summed E-state index contributed by atoms with van der Waals surface area (Å²) in [6, 6.07) is 7.45.